The van der Waals surface area contributed by atoms with Gasteiger partial charge >= 0.3 is 5.97 Å². The molecule has 0 N–H and O–H groups in total. The molecule has 0 bridgehead atoms. The molecule has 1 rings (SSSR count). The van der Waals surface area contributed by atoms with Crippen molar-refractivity contribution in [3.8, 4) is 0 Å². The molecule has 0 aliphatic carbocycles. The molecule has 0 aromatic heterocycles. The van der Waals surface area contributed by atoms with Gasteiger partial charge in [-0.05, 0) is 32.9 Å². The summed E-state index contributed by atoms with van der Waals surface area (Å²) in [5.41, 5.74) is -1.83. The summed E-state index contributed by atoms with van der Waals surface area (Å²) < 4.78 is 31.0. The molecule has 0 saturated heterocycles. The van der Waals surface area contributed by atoms with Crippen molar-refractivity contribution in [3.63, 3.8) is 0 Å². The van der Waals surface area contributed by atoms with Crippen LogP contribution in [0.3, 0.4) is 0 Å². The minimum Gasteiger partial charge on any atom is -0.465 e. The number of hydrogen-bond acceptors (Lipinski definition) is 3. The summed E-state index contributed by atoms with van der Waals surface area (Å²) in [6.45, 7) is 4.42. The van der Waals surface area contributed by atoms with Gasteiger partial charge in [-0.3, -0.25) is 9.59 Å². The van der Waals surface area contributed by atoms with Gasteiger partial charge in [0.05, 0.1) is 12.2 Å². The lowest BCUT2D eigenvalue weighted by molar-refractivity contribution is -0.150. The summed E-state index contributed by atoms with van der Waals surface area (Å²) >= 11 is 0. The Labute approximate surface area is 104 Å². The van der Waals surface area contributed by atoms with E-state index in [-0.39, 0.29) is 12.2 Å². The smallest absolute Gasteiger partial charge is 0.319 e. The monoisotopic (exact) mass is 256 g/mol. The van der Waals surface area contributed by atoms with Gasteiger partial charge in [-0.15, -0.1) is 0 Å². The average Bonchev–Trinajstić information content (AvgIpc) is 2.28. The van der Waals surface area contributed by atoms with Crippen molar-refractivity contribution in [2.24, 2.45) is 5.41 Å². The number of Topliss-reactive ketones (excluding diaryl/α,β-unsaturated/α-hetero) is 1. The van der Waals surface area contributed by atoms with Gasteiger partial charge in [0.25, 0.3) is 0 Å². The van der Waals surface area contributed by atoms with Crippen LogP contribution >= 0.6 is 0 Å². The van der Waals surface area contributed by atoms with E-state index in [0.717, 1.165) is 12.1 Å². The highest BCUT2D eigenvalue weighted by Crippen LogP contribution is 2.25. The van der Waals surface area contributed by atoms with Gasteiger partial charge in [0.1, 0.15) is 17.0 Å². The van der Waals surface area contributed by atoms with Crippen molar-refractivity contribution in [3.05, 3.63) is 35.4 Å². The normalized spacial score (nSPS) is 11.2. The van der Waals surface area contributed by atoms with Crippen molar-refractivity contribution in [1.29, 1.82) is 0 Å². The number of carbonyl (C=O) groups is 2. The number of carbonyl (C=O) groups excluding carboxylic acids is 2. The van der Waals surface area contributed by atoms with Crippen molar-refractivity contribution < 1.29 is 23.1 Å². The summed E-state index contributed by atoms with van der Waals surface area (Å²) in [6, 6.07) is 2.60. The molecular weight excluding hydrogens is 242 g/mol. The summed E-state index contributed by atoms with van der Waals surface area (Å²) in [6.07, 6.45) is 0. The molecule has 0 saturated carbocycles. The lowest BCUT2D eigenvalue weighted by atomic mass is 9.84. The largest absolute Gasteiger partial charge is 0.465 e. The van der Waals surface area contributed by atoms with Gasteiger partial charge in [-0.25, -0.2) is 8.78 Å². The second-order valence-electron chi connectivity index (χ2n) is 4.30. The van der Waals surface area contributed by atoms with E-state index in [4.69, 9.17) is 4.74 Å². The van der Waals surface area contributed by atoms with E-state index in [0.29, 0.717) is 6.07 Å². The van der Waals surface area contributed by atoms with Crippen LogP contribution in [0.25, 0.3) is 0 Å². The molecule has 0 fully saturated rings. The van der Waals surface area contributed by atoms with Gasteiger partial charge in [0.2, 0.25) is 0 Å². The maximum Gasteiger partial charge on any atom is 0.319 e. The first-order valence-corrected chi connectivity index (χ1v) is 5.47. The minimum atomic E-state index is -1.51. The van der Waals surface area contributed by atoms with Crippen LogP contribution in [0, 0.1) is 17.0 Å². The van der Waals surface area contributed by atoms with Gasteiger partial charge in [0.15, 0.2) is 5.78 Å². The first-order valence-electron chi connectivity index (χ1n) is 5.47. The zero-order valence-corrected chi connectivity index (χ0v) is 10.4. The number of ether oxygens (including phenoxy) is 1. The van der Waals surface area contributed by atoms with Crippen molar-refractivity contribution in [2.45, 2.75) is 20.8 Å². The van der Waals surface area contributed by atoms with Crippen LogP contribution in [0.1, 0.15) is 31.1 Å². The standard InChI is InChI=1S/C13H14F2O3/c1-4-18-12(17)13(2,3)11(16)9-6-5-8(14)7-10(9)15/h5-7H,4H2,1-3H3. The first kappa shape index (κ1) is 14.3. The maximum atomic E-state index is 13.5. The third kappa shape index (κ3) is 2.72. The molecular formula is C13H14F2O3. The Morgan fingerprint density at radius 3 is 2.39 bits per heavy atom. The second kappa shape index (κ2) is 5.25. The maximum absolute atomic E-state index is 13.5. The number of esters is 1. The predicted octanol–water partition coefficient (Wildman–Crippen LogP) is 2.74. The predicted molar refractivity (Wildman–Crippen MR) is 61.1 cm³/mol. The number of ketones is 1. The molecule has 0 radical (unpaired) electrons. The Kier molecular flexibility index (Phi) is 4.16. The number of hydrogen-bond donors (Lipinski definition) is 0. The Bertz CT molecular complexity index is 481. The number of rotatable bonds is 4. The van der Waals surface area contributed by atoms with Crippen LogP contribution in [0.5, 0.6) is 0 Å². The fourth-order valence-corrected chi connectivity index (χ4v) is 1.41. The second-order valence-corrected chi connectivity index (χ2v) is 4.30. The third-order valence-corrected chi connectivity index (χ3v) is 2.53. The van der Waals surface area contributed by atoms with Crippen molar-refractivity contribution in [2.75, 3.05) is 6.61 Å². The molecule has 0 atom stereocenters. The Morgan fingerprint density at radius 2 is 1.89 bits per heavy atom. The highest BCUT2D eigenvalue weighted by Gasteiger charge is 2.39. The molecule has 0 amide bonds. The van der Waals surface area contributed by atoms with Crippen molar-refractivity contribution >= 4 is 11.8 Å². The summed E-state index contributed by atoms with van der Waals surface area (Å²) in [4.78, 5) is 23.7. The van der Waals surface area contributed by atoms with E-state index in [2.05, 4.69) is 0 Å². The Morgan fingerprint density at radius 1 is 1.28 bits per heavy atom. The molecule has 0 aliphatic rings. The SMILES string of the molecule is CCOC(=O)C(C)(C)C(=O)c1ccc(F)cc1F. The fourth-order valence-electron chi connectivity index (χ4n) is 1.41. The molecule has 1 aromatic carbocycles. The summed E-state index contributed by atoms with van der Waals surface area (Å²) in [5, 5.41) is 0. The fraction of sp³-hybridized carbons (Fsp3) is 0.385. The first-order chi connectivity index (χ1) is 8.30. The van der Waals surface area contributed by atoms with Crippen LogP contribution in [-0.2, 0) is 9.53 Å². The topological polar surface area (TPSA) is 43.4 Å². The Hall–Kier alpha value is -1.78. The average molecular weight is 256 g/mol. The quantitative estimate of drug-likeness (QED) is 0.472. The third-order valence-electron chi connectivity index (χ3n) is 2.53. The Balaban J connectivity index is 3.09. The van der Waals surface area contributed by atoms with Crippen LogP contribution in [0.15, 0.2) is 18.2 Å². The van der Waals surface area contributed by atoms with E-state index < -0.39 is 28.8 Å². The summed E-state index contributed by atoms with van der Waals surface area (Å²) in [5.74, 6) is -3.24. The zero-order chi connectivity index (χ0) is 13.9. The molecule has 5 heteroatoms. The molecule has 0 heterocycles. The lowest BCUT2D eigenvalue weighted by Gasteiger charge is -2.20. The highest BCUT2D eigenvalue weighted by atomic mass is 19.1. The molecule has 98 valence electrons. The van der Waals surface area contributed by atoms with Gasteiger partial charge < -0.3 is 4.74 Å². The zero-order valence-electron chi connectivity index (χ0n) is 10.4. The van der Waals surface area contributed by atoms with E-state index in [9.17, 15) is 18.4 Å². The molecule has 18 heavy (non-hydrogen) atoms. The highest BCUT2D eigenvalue weighted by molar-refractivity contribution is 6.11. The van der Waals surface area contributed by atoms with Gasteiger partial charge in [-0.1, -0.05) is 0 Å². The molecule has 0 aliphatic heterocycles. The minimum absolute atomic E-state index is 0.126. The van der Waals surface area contributed by atoms with Crippen molar-refractivity contribution in [1.82, 2.24) is 0 Å². The van der Waals surface area contributed by atoms with Crippen LogP contribution < -0.4 is 0 Å². The van der Waals surface area contributed by atoms with E-state index >= 15 is 0 Å². The van der Waals surface area contributed by atoms with Crippen LogP contribution in [0.4, 0.5) is 8.78 Å². The molecule has 0 spiro atoms. The van der Waals surface area contributed by atoms with E-state index in [1.807, 2.05) is 0 Å². The van der Waals surface area contributed by atoms with Crippen LogP contribution in [-0.4, -0.2) is 18.4 Å². The van der Waals surface area contributed by atoms with Gasteiger partial charge in [0, 0.05) is 6.07 Å². The van der Waals surface area contributed by atoms with E-state index in [1.165, 1.54) is 13.8 Å². The molecule has 3 nitrogen and oxygen atoms in total. The molecule has 1 aromatic rings. The van der Waals surface area contributed by atoms with Crippen LogP contribution in [0.2, 0.25) is 0 Å². The number of benzene rings is 1. The summed E-state index contributed by atoms with van der Waals surface area (Å²) in [7, 11) is 0. The van der Waals surface area contributed by atoms with Gasteiger partial charge in [-0.2, -0.15) is 0 Å². The van der Waals surface area contributed by atoms with E-state index in [1.54, 1.807) is 6.92 Å². The number of halogens is 2. The lowest BCUT2D eigenvalue weighted by Crippen LogP contribution is -2.35. The molecule has 0 unspecified atom stereocenters.